The number of fused-ring (bicyclic) bond motifs is 1. The summed E-state index contributed by atoms with van der Waals surface area (Å²) in [6.45, 7) is 0.584. The summed E-state index contributed by atoms with van der Waals surface area (Å²) in [4.78, 5) is 13.5. The van der Waals surface area contributed by atoms with Gasteiger partial charge in [-0.05, 0) is 43.1 Å². The fraction of sp³-hybridized carbons (Fsp3) is 0.357. The van der Waals surface area contributed by atoms with Crippen molar-refractivity contribution in [2.24, 2.45) is 0 Å². The molecular formula is C14H16N2O2. The first kappa shape index (κ1) is 12.6. The Hall–Kier alpha value is -1.83. The smallest absolute Gasteiger partial charge is 0.274 e. The summed E-state index contributed by atoms with van der Waals surface area (Å²) in [7, 11) is 1.98. The highest BCUT2D eigenvalue weighted by Gasteiger charge is 2.26. The SMILES string of the molecule is C#CCN(C)[C@@H]1CCc2ccc(C(=O)NO)cc21. The van der Waals surface area contributed by atoms with Gasteiger partial charge in [0.1, 0.15) is 0 Å². The molecule has 1 aliphatic carbocycles. The van der Waals surface area contributed by atoms with E-state index in [0.717, 1.165) is 18.4 Å². The van der Waals surface area contributed by atoms with Crippen molar-refractivity contribution in [1.29, 1.82) is 0 Å². The maximum absolute atomic E-state index is 11.4. The maximum Gasteiger partial charge on any atom is 0.274 e. The molecule has 0 radical (unpaired) electrons. The van der Waals surface area contributed by atoms with Crippen molar-refractivity contribution in [3.63, 3.8) is 0 Å². The summed E-state index contributed by atoms with van der Waals surface area (Å²) in [5, 5.41) is 8.66. The topological polar surface area (TPSA) is 52.6 Å². The van der Waals surface area contributed by atoms with Gasteiger partial charge in [0.05, 0.1) is 6.54 Å². The molecule has 94 valence electrons. The van der Waals surface area contributed by atoms with E-state index in [1.165, 1.54) is 5.56 Å². The van der Waals surface area contributed by atoms with E-state index in [1.807, 2.05) is 19.2 Å². The zero-order valence-electron chi connectivity index (χ0n) is 10.3. The van der Waals surface area contributed by atoms with E-state index in [-0.39, 0.29) is 6.04 Å². The van der Waals surface area contributed by atoms with Crippen molar-refractivity contribution in [1.82, 2.24) is 10.4 Å². The standard InChI is InChI=1S/C14H16N2O2/c1-3-8-16(2)13-7-6-10-4-5-11(9-12(10)13)14(17)15-18/h1,4-5,9,13,18H,6-8H2,2H3,(H,15,17)/t13-/m1/s1. The van der Waals surface area contributed by atoms with Gasteiger partial charge in [0.25, 0.3) is 5.91 Å². The Morgan fingerprint density at radius 2 is 2.44 bits per heavy atom. The first-order valence-electron chi connectivity index (χ1n) is 5.88. The second kappa shape index (κ2) is 5.21. The van der Waals surface area contributed by atoms with Crippen LogP contribution in [0.1, 0.15) is 33.9 Å². The Bertz CT molecular complexity index is 505. The number of carbonyl (C=O) groups is 1. The number of nitrogens with one attached hydrogen (secondary N) is 1. The van der Waals surface area contributed by atoms with E-state index in [2.05, 4.69) is 10.8 Å². The molecule has 1 aromatic carbocycles. The number of benzene rings is 1. The van der Waals surface area contributed by atoms with Gasteiger partial charge in [-0.3, -0.25) is 14.9 Å². The maximum atomic E-state index is 11.4. The molecule has 0 unspecified atom stereocenters. The van der Waals surface area contributed by atoms with Gasteiger partial charge in [-0.1, -0.05) is 12.0 Å². The van der Waals surface area contributed by atoms with Crippen molar-refractivity contribution in [3.05, 3.63) is 34.9 Å². The Balaban J connectivity index is 2.31. The Labute approximate surface area is 107 Å². The van der Waals surface area contributed by atoms with Gasteiger partial charge in [-0.15, -0.1) is 6.42 Å². The summed E-state index contributed by atoms with van der Waals surface area (Å²) in [5.74, 6) is 2.15. The van der Waals surface area contributed by atoms with Gasteiger partial charge in [0.15, 0.2) is 0 Å². The third kappa shape index (κ3) is 2.23. The van der Waals surface area contributed by atoms with Crippen LogP contribution in [-0.4, -0.2) is 29.6 Å². The number of terminal acetylenes is 1. The fourth-order valence-electron chi connectivity index (χ4n) is 2.50. The molecule has 2 rings (SSSR count). The summed E-state index contributed by atoms with van der Waals surface area (Å²) < 4.78 is 0. The van der Waals surface area contributed by atoms with Gasteiger partial charge in [0, 0.05) is 11.6 Å². The molecule has 4 heteroatoms. The van der Waals surface area contributed by atoms with Crippen LogP contribution in [0.15, 0.2) is 18.2 Å². The van der Waals surface area contributed by atoms with E-state index >= 15 is 0 Å². The normalized spacial score (nSPS) is 17.3. The average molecular weight is 244 g/mol. The molecule has 18 heavy (non-hydrogen) atoms. The molecule has 0 spiro atoms. The first-order chi connectivity index (χ1) is 8.67. The number of nitrogens with zero attached hydrogens (tertiary/aromatic N) is 1. The summed E-state index contributed by atoms with van der Waals surface area (Å²) in [6, 6.07) is 5.77. The minimum absolute atomic E-state index is 0.252. The zero-order chi connectivity index (χ0) is 13.1. The Kier molecular flexibility index (Phi) is 3.66. The van der Waals surface area contributed by atoms with E-state index < -0.39 is 5.91 Å². The van der Waals surface area contributed by atoms with Crippen LogP contribution in [0, 0.1) is 12.3 Å². The van der Waals surface area contributed by atoms with Gasteiger partial charge in [-0.25, -0.2) is 5.48 Å². The van der Waals surface area contributed by atoms with E-state index in [1.54, 1.807) is 11.5 Å². The highest BCUT2D eigenvalue weighted by Crippen LogP contribution is 2.35. The second-order valence-corrected chi connectivity index (χ2v) is 4.53. The summed E-state index contributed by atoms with van der Waals surface area (Å²) >= 11 is 0. The molecule has 1 aromatic rings. The van der Waals surface area contributed by atoms with Crippen LogP contribution in [0.3, 0.4) is 0 Å². The fourth-order valence-corrected chi connectivity index (χ4v) is 2.50. The lowest BCUT2D eigenvalue weighted by molar-refractivity contribution is 0.0706. The number of hydrogen-bond acceptors (Lipinski definition) is 3. The van der Waals surface area contributed by atoms with Gasteiger partial charge >= 0.3 is 0 Å². The molecule has 0 heterocycles. The van der Waals surface area contributed by atoms with Crippen LogP contribution < -0.4 is 5.48 Å². The number of hydrogen-bond donors (Lipinski definition) is 2. The van der Waals surface area contributed by atoms with Crippen molar-refractivity contribution in [3.8, 4) is 12.3 Å². The van der Waals surface area contributed by atoms with Crippen molar-refractivity contribution in [2.45, 2.75) is 18.9 Å². The molecule has 0 aliphatic heterocycles. The lowest BCUT2D eigenvalue weighted by atomic mass is 10.0. The number of amides is 1. The second-order valence-electron chi connectivity index (χ2n) is 4.53. The number of hydroxylamine groups is 1. The first-order valence-corrected chi connectivity index (χ1v) is 5.88. The molecule has 0 aromatic heterocycles. The molecule has 0 saturated heterocycles. The van der Waals surface area contributed by atoms with Crippen LogP contribution >= 0.6 is 0 Å². The molecule has 0 saturated carbocycles. The molecule has 1 aliphatic rings. The third-order valence-corrected chi connectivity index (χ3v) is 3.43. The minimum atomic E-state index is -0.483. The van der Waals surface area contributed by atoms with Crippen LogP contribution in [0.25, 0.3) is 0 Å². The molecule has 0 fully saturated rings. The Morgan fingerprint density at radius 1 is 1.67 bits per heavy atom. The molecule has 1 atom stereocenters. The van der Waals surface area contributed by atoms with Crippen molar-refractivity contribution < 1.29 is 10.0 Å². The molecule has 1 amide bonds. The van der Waals surface area contributed by atoms with E-state index in [0.29, 0.717) is 12.1 Å². The largest absolute Gasteiger partial charge is 0.288 e. The van der Waals surface area contributed by atoms with Crippen LogP contribution in [0.2, 0.25) is 0 Å². The van der Waals surface area contributed by atoms with E-state index in [4.69, 9.17) is 11.6 Å². The number of aryl methyl sites for hydroxylation is 1. The van der Waals surface area contributed by atoms with Crippen molar-refractivity contribution in [2.75, 3.05) is 13.6 Å². The van der Waals surface area contributed by atoms with Gasteiger partial charge < -0.3 is 0 Å². The monoisotopic (exact) mass is 244 g/mol. The molecule has 2 N–H and O–H groups in total. The highest BCUT2D eigenvalue weighted by molar-refractivity contribution is 5.93. The molecule has 0 bridgehead atoms. The highest BCUT2D eigenvalue weighted by atomic mass is 16.5. The minimum Gasteiger partial charge on any atom is -0.288 e. The lowest BCUT2D eigenvalue weighted by Crippen LogP contribution is -2.24. The van der Waals surface area contributed by atoms with E-state index in [9.17, 15) is 4.79 Å². The summed E-state index contributed by atoms with van der Waals surface area (Å²) in [6.07, 6.45) is 7.34. The van der Waals surface area contributed by atoms with Crippen LogP contribution in [0.5, 0.6) is 0 Å². The summed E-state index contributed by atoms with van der Waals surface area (Å²) in [5.41, 5.74) is 4.51. The Morgan fingerprint density at radius 3 is 3.11 bits per heavy atom. The zero-order valence-corrected chi connectivity index (χ0v) is 10.3. The molecule has 4 nitrogen and oxygen atoms in total. The van der Waals surface area contributed by atoms with Gasteiger partial charge in [0.2, 0.25) is 0 Å². The predicted molar refractivity (Wildman–Crippen MR) is 68.2 cm³/mol. The quantitative estimate of drug-likeness (QED) is 0.479. The average Bonchev–Trinajstić information content (AvgIpc) is 2.80. The number of carbonyl (C=O) groups excluding carboxylic acids is 1. The number of rotatable bonds is 3. The third-order valence-electron chi connectivity index (χ3n) is 3.43. The van der Waals surface area contributed by atoms with Crippen LogP contribution in [-0.2, 0) is 6.42 Å². The lowest BCUT2D eigenvalue weighted by Gasteiger charge is -2.23. The predicted octanol–water partition coefficient (Wildman–Crippen LogP) is 1.36. The van der Waals surface area contributed by atoms with Gasteiger partial charge in [-0.2, -0.15) is 0 Å². The van der Waals surface area contributed by atoms with Crippen LogP contribution in [0.4, 0.5) is 0 Å². The van der Waals surface area contributed by atoms with Crippen molar-refractivity contribution >= 4 is 5.91 Å². The molecular weight excluding hydrogens is 228 g/mol.